The number of aliphatic hydroxyl groups is 1. The molecule has 0 fully saturated rings. The van der Waals surface area contributed by atoms with Crippen LogP contribution in [0.2, 0.25) is 0 Å². The van der Waals surface area contributed by atoms with E-state index in [1.807, 2.05) is 78.9 Å². The lowest BCUT2D eigenvalue weighted by molar-refractivity contribution is -0.146. The maximum absolute atomic E-state index is 13.4. The summed E-state index contributed by atoms with van der Waals surface area (Å²) in [4.78, 5) is 51.9. The van der Waals surface area contributed by atoms with Crippen molar-refractivity contribution in [1.82, 2.24) is 10.6 Å². The number of carbonyl (C=O) groups is 4. The first kappa shape index (κ1) is 30.5. The Morgan fingerprint density at radius 1 is 0.976 bits per heavy atom. The van der Waals surface area contributed by atoms with Crippen molar-refractivity contribution in [3.8, 4) is 0 Å². The van der Waals surface area contributed by atoms with E-state index in [2.05, 4.69) is 16.0 Å². The third-order valence-electron chi connectivity index (χ3n) is 7.11. The average molecular weight is 572 g/mol. The molecular formula is C33H37N3O6. The predicted octanol–water partition coefficient (Wildman–Crippen LogP) is 3.66. The van der Waals surface area contributed by atoms with Crippen LogP contribution in [0.1, 0.15) is 37.7 Å². The summed E-state index contributed by atoms with van der Waals surface area (Å²) < 4.78 is 5.34. The Kier molecular flexibility index (Phi) is 11.2. The van der Waals surface area contributed by atoms with Crippen molar-refractivity contribution in [2.24, 2.45) is 5.92 Å². The van der Waals surface area contributed by atoms with Gasteiger partial charge in [0.1, 0.15) is 12.6 Å². The minimum Gasteiger partial charge on any atom is -0.463 e. The van der Waals surface area contributed by atoms with Crippen molar-refractivity contribution < 1.29 is 29.0 Å². The van der Waals surface area contributed by atoms with Crippen molar-refractivity contribution >= 4 is 40.2 Å². The van der Waals surface area contributed by atoms with E-state index >= 15 is 0 Å². The first-order valence-electron chi connectivity index (χ1n) is 14.3. The Morgan fingerprint density at radius 2 is 1.74 bits per heavy atom. The molecule has 9 heteroatoms. The van der Waals surface area contributed by atoms with Crippen LogP contribution in [0.25, 0.3) is 10.8 Å². The molecule has 3 amide bonds. The lowest BCUT2D eigenvalue weighted by Gasteiger charge is -2.23. The van der Waals surface area contributed by atoms with E-state index in [4.69, 9.17) is 4.74 Å². The Balaban J connectivity index is 1.45. The van der Waals surface area contributed by atoms with Gasteiger partial charge in [-0.05, 0) is 54.2 Å². The van der Waals surface area contributed by atoms with Crippen molar-refractivity contribution in [3.05, 3.63) is 90.5 Å². The molecule has 220 valence electrons. The zero-order valence-electron chi connectivity index (χ0n) is 23.5. The molecule has 9 nitrogen and oxygen atoms in total. The minimum absolute atomic E-state index is 0.139. The van der Waals surface area contributed by atoms with Gasteiger partial charge in [0, 0.05) is 18.5 Å². The van der Waals surface area contributed by atoms with E-state index in [0.29, 0.717) is 24.9 Å². The topological polar surface area (TPSA) is 134 Å². The lowest BCUT2D eigenvalue weighted by atomic mass is 9.98. The number of rotatable bonds is 8. The number of esters is 1. The van der Waals surface area contributed by atoms with E-state index in [0.717, 1.165) is 16.3 Å². The molecule has 3 aromatic rings. The molecule has 0 radical (unpaired) electrons. The van der Waals surface area contributed by atoms with Crippen LogP contribution in [0.15, 0.2) is 84.9 Å². The highest BCUT2D eigenvalue weighted by Crippen LogP contribution is 2.19. The number of amides is 3. The number of carbonyl (C=O) groups excluding carboxylic acids is 4. The van der Waals surface area contributed by atoms with Crippen LogP contribution < -0.4 is 16.0 Å². The molecule has 0 saturated carbocycles. The normalized spacial score (nSPS) is 18.9. The summed E-state index contributed by atoms with van der Waals surface area (Å²) in [5, 5.41) is 20.1. The Hall–Kier alpha value is -4.50. The highest BCUT2D eigenvalue weighted by atomic mass is 16.5. The number of anilines is 1. The van der Waals surface area contributed by atoms with Crippen molar-refractivity contribution in [1.29, 1.82) is 0 Å². The van der Waals surface area contributed by atoms with E-state index < -0.39 is 35.8 Å². The van der Waals surface area contributed by atoms with Gasteiger partial charge in [0.05, 0.1) is 18.6 Å². The number of fused-ring (bicyclic) bond motifs is 1. The second kappa shape index (κ2) is 15.5. The van der Waals surface area contributed by atoms with Gasteiger partial charge in [0.15, 0.2) is 0 Å². The maximum Gasteiger partial charge on any atom is 0.305 e. The molecular weight excluding hydrogens is 534 g/mol. The second-order valence-electron chi connectivity index (χ2n) is 10.4. The van der Waals surface area contributed by atoms with Crippen LogP contribution in [-0.4, -0.2) is 54.1 Å². The molecule has 0 spiro atoms. The maximum atomic E-state index is 13.4. The number of hydrogen-bond acceptors (Lipinski definition) is 6. The van der Waals surface area contributed by atoms with E-state index in [-0.39, 0.29) is 38.4 Å². The number of ether oxygens (including phenoxy) is 1. The van der Waals surface area contributed by atoms with Gasteiger partial charge in [-0.2, -0.15) is 0 Å². The number of aliphatic hydroxyl groups excluding tert-OH is 1. The monoisotopic (exact) mass is 571 g/mol. The Morgan fingerprint density at radius 3 is 2.52 bits per heavy atom. The fraction of sp³-hybridized carbons (Fsp3) is 0.333. The van der Waals surface area contributed by atoms with Crippen LogP contribution in [-0.2, 0) is 30.3 Å². The molecule has 3 atom stereocenters. The Labute approximate surface area is 245 Å². The van der Waals surface area contributed by atoms with E-state index in [1.165, 1.54) is 0 Å². The number of benzene rings is 3. The molecule has 1 aliphatic rings. The zero-order chi connectivity index (χ0) is 29.7. The molecule has 0 aliphatic carbocycles. The van der Waals surface area contributed by atoms with Crippen molar-refractivity contribution in [2.75, 3.05) is 18.5 Å². The van der Waals surface area contributed by atoms with Gasteiger partial charge in [-0.15, -0.1) is 0 Å². The number of cyclic esters (lactones) is 1. The molecule has 3 aromatic carbocycles. The number of allylic oxidation sites excluding steroid dienone is 2. The van der Waals surface area contributed by atoms with Gasteiger partial charge in [-0.1, -0.05) is 72.8 Å². The summed E-state index contributed by atoms with van der Waals surface area (Å²) in [6.07, 6.45) is 5.64. The third-order valence-corrected chi connectivity index (χ3v) is 7.11. The lowest BCUT2D eigenvalue weighted by Crippen LogP contribution is -2.49. The van der Waals surface area contributed by atoms with Crippen LogP contribution in [0.3, 0.4) is 0 Å². The minimum atomic E-state index is -1.16. The fourth-order valence-corrected chi connectivity index (χ4v) is 4.81. The largest absolute Gasteiger partial charge is 0.463 e. The van der Waals surface area contributed by atoms with Gasteiger partial charge in [0.25, 0.3) is 5.91 Å². The molecule has 4 rings (SSSR count). The fourth-order valence-electron chi connectivity index (χ4n) is 4.81. The average Bonchev–Trinajstić information content (AvgIpc) is 3.01. The molecule has 0 aromatic heterocycles. The molecule has 1 aliphatic heterocycles. The van der Waals surface area contributed by atoms with Gasteiger partial charge in [-0.25, -0.2) is 0 Å². The summed E-state index contributed by atoms with van der Waals surface area (Å²) in [5.74, 6) is -2.66. The first-order valence-corrected chi connectivity index (χ1v) is 14.3. The molecule has 0 unspecified atom stereocenters. The van der Waals surface area contributed by atoms with E-state index in [9.17, 15) is 24.3 Å². The smallest absolute Gasteiger partial charge is 0.305 e. The van der Waals surface area contributed by atoms with Crippen LogP contribution >= 0.6 is 0 Å². The predicted molar refractivity (Wildman–Crippen MR) is 160 cm³/mol. The molecule has 0 saturated heterocycles. The summed E-state index contributed by atoms with van der Waals surface area (Å²) in [6, 6.07) is 21.0. The van der Waals surface area contributed by atoms with Crippen molar-refractivity contribution in [2.45, 2.75) is 50.6 Å². The van der Waals surface area contributed by atoms with Crippen LogP contribution in [0.4, 0.5) is 5.69 Å². The molecule has 42 heavy (non-hydrogen) atoms. The summed E-state index contributed by atoms with van der Waals surface area (Å²) >= 11 is 0. The molecule has 0 bridgehead atoms. The van der Waals surface area contributed by atoms with E-state index in [1.54, 1.807) is 6.07 Å². The second-order valence-corrected chi connectivity index (χ2v) is 10.4. The van der Waals surface area contributed by atoms with Gasteiger partial charge in [0.2, 0.25) is 11.8 Å². The van der Waals surface area contributed by atoms with Crippen LogP contribution in [0.5, 0.6) is 0 Å². The van der Waals surface area contributed by atoms with Crippen LogP contribution in [0, 0.1) is 5.92 Å². The highest BCUT2D eigenvalue weighted by Gasteiger charge is 2.29. The zero-order valence-corrected chi connectivity index (χ0v) is 23.5. The number of nitrogens with one attached hydrogen (secondary N) is 3. The highest BCUT2D eigenvalue weighted by molar-refractivity contribution is 5.99. The van der Waals surface area contributed by atoms with Crippen molar-refractivity contribution in [3.63, 3.8) is 0 Å². The quantitative estimate of drug-likeness (QED) is 0.241. The molecule has 1 heterocycles. The Bertz CT molecular complexity index is 1410. The summed E-state index contributed by atoms with van der Waals surface area (Å²) in [7, 11) is 0. The van der Waals surface area contributed by atoms with Gasteiger partial charge < -0.3 is 25.8 Å². The van der Waals surface area contributed by atoms with Gasteiger partial charge >= 0.3 is 5.97 Å². The SMILES string of the molecule is O=C(C[C@H]1CC=CCCCC(=O)OC[C@@H](C(=O)Nc2ccc3ccccc3c2)NC1=O)N[C@H](CO)Cc1ccccc1. The standard InChI is InChI=1S/C33H37N3O6/c37-21-28(18-23-10-4-3-5-11-23)34-30(38)20-26-14-6-1-2-7-15-31(39)42-22-29(36-32(26)40)33(41)35-27-17-16-24-12-8-9-13-25(24)19-27/h1,3-6,8-13,16-17,19,26,28-29,37H,2,7,14-15,18,20-22H2,(H,34,38)(H,35,41)(H,36,40)/t26-,28+,29+/m1/s1. The summed E-state index contributed by atoms with van der Waals surface area (Å²) in [5.41, 5.74) is 1.50. The van der Waals surface area contributed by atoms with Gasteiger partial charge in [-0.3, -0.25) is 19.2 Å². The number of hydrogen-bond donors (Lipinski definition) is 4. The summed E-state index contributed by atoms with van der Waals surface area (Å²) in [6.45, 7) is -0.584. The first-order chi connectivity index (χ1) is 20.4. The third kappa shape index (κ3) is 9.27. The molecule has 4 N–H and O–H groups in total.